The Hall–Kier alpha value is -2.16. The fraction of sp³-hybridized carbons (Fsp3) is 0.400. The summed E-state index contributed by atoms with van der Waals surface area (Å²) in [6, 6.07) is 14.0. The largest absolute Gasteiger partial charge is 0.490 e. The van der Waals surface area contributed by atoms with Crippen molar-refractivity contribution < 1.29 is 34.6 Å². The third-order valence-corrected chi connectivity index (χ3v) is 3.77. The van der Waals surface area contributed by atoms with Crippen LogP contribution >= 0.6 is 0 Å². The molecule has 4 N–H and O–H groups in total. The molecule has 148 valence electrons. The second-order valence-electron chi connectivity index (χ2n) is 6.00. The summed E-state index contributed by atoms with van der Waals surface area (Å²) in [4.78, 5) is 0. The third kappa shape index (κ3) is 7.16. The zero-order chi connectivity index (χ0) is 19.5. The molecule has 2 atom stereocenters. The Morgan fingerprint density at radius 2 is 1.04 bits per heavy atom. The van der Waals surface area contributed by atoms with Crippen LogP contribution in [0.3, 0.4) is 0 Å². The molecule has 2 aromatic rings. The molecule has 0 spiro atoms. The fourth-order valence-electron chi connectivity index (χ4n) is 2.36. The van der Waals surface area contributed by atoms with E-state index in [0.717, 1.165) is 0 Å². The van der Waals surface area contributed by atoms with Crippen LogP contribution in [0.15, 0.2) is 48.5 Å². The van der Waals surface area contributed by atoms with Gasteiger partial charge >= 0.3 is 0 Å². The molecule has 0 fully saturated rings. The van der Waals surface area contributed by atoms with E-state index in [1.807, 2.05) is 0 Å². The van der Waals surface area contributed by atoms with Gasteiger partial charge in [0.25, 0.3) is 0 Å². The van der Waals surface area contributed by atoms with Gasteiger partial charge in [0.2, 0.25) is 0 Å². The van der Waals surface area contributed by atoms with Gasteiger partial charge in [-0.3, -0.25) is 0 Å². The van der Waals surface area contributed by atoms with Crippen molar-refractivity contribution >= 4 is 0 Å². The van der Waals surface area contributed by atoms with Gasteiger partial charge in [0.15, 0.2) is 0 Å². The molecule has 0 heterocycles. The SMILES string of the molecule is OCc1ccccc1OCC(O)COCC(O)COc1ccccc1CO. The summed E-state index contributed by atoms with van der Waals surface area (Å²) >= 11 is 0. The first-order chi connectivity index (χ1) is 13.1. The molecule has 0 aliphatic heterocycles. The van der Waals surface area contributed by atoms with E-state index in [0.29, 0.717) is 22.6 Å². The van der Waals surface area contributed by atoms with Crippen molar-refractivity contribution in [2.24, 2.45) is 0 Å². The summed E-state index contributed by atoms with van der Waals surface area (Å²) in [6.45, 7) is -0.291. The van der Waals surface area contributed by atoms with Crippen LogP contribution < -0.4 is 9.47 Å². The van der Waals surface area contributed by atoms with Gasteiger partial charge < -0.3 is 34.6 Å². The Kier molecular flexibility index (Phi) is 9.03. The van der Waals surface area contributed by atoms with Gasteiger partial charge in [-0.05, 0) is 12.1 Å². The zero-order valence-corrected chi connectivity index (χ0v) is 15.0. The first-order valence-electron chi connectivity index (χ1n) is 8.71. The Balaban J connectivity index is 1.65. The molecular weight excluding hydrogens is 352 g/mol. The predicted octanol–water partition coefficient (Wildman–Crippen LogP) is 0.867. The smallest absolute Gasteiger partial charge is 0.124 e. The number of aliphatic hydroxyl groups is 4. The standard InChI is InChI=1S/C20H26O7/c21-9-15-5-1-3-7-19(15)26-13-17(23)11-25-12-18(24)14-27-20-8-4-2-6-16(20)10-22/h1-8,17-18,21-24H,9-14H2. The summed E-state index contributed by atoms with van der Waals surface area (Å²) in [7, 11) is 0. The van der Waals surface area contributed by atoms with Gasteiger partial charge in [-0.25, -0.2) is 0 Å². The molecule has 7 heteroatoms. The van der Waals surface area contributed by atoms with Crippen LogP contribution in [0.5, 0.6) is 11.5 Å². The third-order valence-electron chi connectivity index (χ3n) is 3.77. The van der Waals surface area contributed by atoms with Crippen molar-refractivity contribution in [3.05, 3.63) is 59.7 Å². The maximum absolute atomic E-state index is 9.91. The molecule has 0 amide bonds. The molecule has 27 heavy (non-hydrogen) atoms. The average Bonchev–Trinajstić information content (AvgIpc) is 2.71. The highest BCUT2D eigenvalue weighted by Crippen LogP contribution is 2.18. The van der Waals surface area contributed by atoms with E-state index in [2.05, 4.69) is 0 Å². The van der Waals surface area contributed by atoms with Crippen molar-refractivity contribution in [2.45, 2.75) is 25.4 Å². The highest BCUT2D eigenvalue weighted by molar-refractivity contribution is 5.33. The molecule has 0 aliphatic rings. The number of ether oxygens (including phenoxy) is 3. The molecule has 0 radical (unpaired) electrons. The number of aliphatic hydroxyl groups excluding tert-OH is 4. The molecule has 2 aromatic carbocycles. The molecule has 2 unspecified atom stereocenters. The lowest BCUT2D eigenvalue weighted by molar-refractivity contribution is -0.0311. The van der Waals surface area contributed by atoms with Crippen LogP contribution in [-0.4, -0.2) is 59.1 Å². The van der Waals surface area contributed by atoms with Crippen LogP contribution in [0.25, 0.3) is 0 Å². The molecule has 0 aliphatic carbocycles. The van der Waals surface area contributed by atoms with Crippen molar-refractivity contribution in [1.29, 1.82) is 0 Å². The van der Waals surface area contributed by atoms with Gasteiger partial charge in [-0.2, -0.15) is 0 Å². The Labute approximate surface area is 158 Å². The van der Waals surface area contributed by atoms with Crippen LogP contribution in [0.4, 0.5) is 0 Å². The summed E-state index contributed by atoms with van der Waals surface area (Å²) < 4.78 is 16.2. The summed E-state index contributed by atoms with van der Waals surface area (Å²) in [5, 5.41) is 38.3. The van der Waals surface area contributed by atoms with Gasteiger partial charge in [0.1, 0.15) is 36.9 Å². The second-order valence-corrected chi connectivity index (χ2v) is 6.00. The number of para-hydroxylation sites is 2. The van der Waals surface area contributed by atoms with Crippen molar-refractivity contribution in [1.82, 2.24) is 0 Å². The van der Waals surface area contributed by atoms with E-state index < -0.39 is 12.2 Å². The van der Waals surface area contributed by atoms with Gasteiger partial charge in [-0.1, -0.05) is 36.4 Å². The lowest BCUT2D eigenvalue weighted by Gasteiger charge is -2.17. The number of benzene rings is 2. The van der Waals surface area contributed by atoms with Crippen LogP contribution in [-0.2, 0) is 18.0 Å². The molecule has 0 bridgehead atoms. The Bertz CT molecular complexity index is 619. The molecule has 0 saturated heterocycles. The summed E-state index contributed by atoms with van der Waals surface area (Å²) in [5.74, 6) is 1.02. The highest BCUT2D eigenvalue weighted by Gasteiger charge is 2.11. The maximum atomic E-state index is 9.91. The second kappa shape index (κ2) is 11.5. The van der Waals surface area contributed by atoms with E-state index in [1.165, 1.54) is 0 Å². The molecular formula is C20H26O7. The normalized spacial score (nSPS) is 13.2. The highest BCUT2D eigenvalue weighted by atomic mass is 16.5. The van der Waals surface area contributed by atoms with E-state index >= 15 is 0 Å². The van der Waals surface area contributed by atoms with Crippen LogP contribution in [0, 0.1) is 0 Å². The number of rotatable bonds is 12. The molecule has 7 nitrogen and oxygen atoms in total. The van der Waals surface area contributed by atoms with E-state index in [1.54, 1.807) is 48.5 Å². The summed E-state index contributed by atoms with van der Waals surface area (Å²) in [5.41, 5.74) is 1.28. The Morgan fingerprint density at radius 3 is 1.44 bits per heavy atom. The lowest BCUT2D eigenvalue weighted by Crippen LogP contribution is -2.29. The van der Waals surface area contributed by atoms with Crippen LogP contribution in [0.1, 0.15) is 11.1 Å². The molecule has 2 rings (SSSR count). The maximum Gasteiger partial charge on any atom is 0.124 e. The zero-order valence-electron chi connectivity index (χ0n) is 15.0. The first-order valence-corrected chi connectivity index (χ1v) is 8.71. The van der Waals surface area contributed by atoms with Gasteiger partial charge in [0, 0.05) is 11.1 Å². The Morgan fingerprint density at radius 1 is 0.630 bits per heavy atom. The average molecular weight is 378 g/mol. The fourth-order valence-corrected chi connectivity index (χ4v) is 2.36. The van der Waals surface area contributed by atoms with Gasteiger partial charge in [0.05, 0.1) is 26.4 Å². The van der Waals surface area contributed by atoms with E-state index in [9.17, 15) is 20.4 Å². The first kappa shape index (κ1) is 21.1. The van der Waals surface area contributed by atoms with Crippen molar-refractivity contribution in [3.63, 3.8) is 0 Å². The predicted molar refractivity (Wildman–Crippen MR) is 98.6 cm³/mol. The van der Waals surface area contributed by atoms with E-state index in [4.69, 9.17) is 14.2 Å². The monoisotopic (exact) mass is 378 g/mol. The lowest BCUT2D eigenvalue weighted by atomic mass is 10.2. The van der Waals surface area contributed by atoms with Crippen molar-refractivity contribution in [3.8, 4) is 11.5 Å². The quantitative estimate of drug-likeness (QED) is 0.434. The van der Waals surface area contributed by atoms with Crippen molar-refractivity contribution in [2.75, 3.05) is 26.4 Å². The molecule has 0 aromatic heterocycles. The number of hydrogen-bond donors (Lipinski definition) is 4. The van der Waals surface area contributed by atoms with Gasteiger partial charge in [-0.15, -0.1) is 0 Å². The molecule has 0 saturated carbocycles. The minimum atomic E-state index is -0.875. The minimum Gasteiger partial charge on any atom is -0.490 e. The topological polar surface area (TPSA) is 109 Å². The number of hydrogen-bond acceptors (Lipinski definition) is 7. The van der Waals surface area contributed by atoms with E-state index in [-0.39, 0.29) is 39.6 Å². The minimum absolute atomic E-state index is 0.00742. The van der Waals surface area contributed by atoms with Crippen LogP contribution in [0.2, 0.25) is 0 Å². The summed E-state index contributed by atoms with van der Waals surface area (Å²) in [6.07, 6.45) is -1.75.